The molecule has 1 heterocycles. The van der Waals surface area contributed by atoms with Crippen molar-refractivity contribution in [2.75, 3.05) is 5.73 Å². The number of carbonyl (C=O) groups excluding carboxylic acids is 1. The summed E-state index contributed by atoms with van der Waals surface area (Å²) < 4.78 is 0.787. The summed E-state index contributed by atoms with van der Waals surface area (Å²) in [6.45, 7) is 2.37. The van der Waals surface area contributed by atoms with E-state index in [-0.39, 0.29) is 5.91 Å². The first-order valence-electron chi connectivity index (χ1n) is 5.80. The van der Waals surface area contributed by atoms with Crippen molar-refractivity contribution in [2.45, 2.75) is 13.5 Å². The molecule has 0 bridgehead atoms. The average Bonchev–Trinajstić information content (AvgIpc) is 2.36. The second-order valence-electron chi connectivity index (χ2n) is 4.26. The van der Waals surface area contributed by atoms with Crippen LogP contribution < -0.4 is 11.1 Å². The van der Waals surface area contributed by atoms with E-state index in [0.717, 1.165) is 15.7 Å². The van der Waals surface area contributed by atoms with Crippen LogP contribution >= 0.6 is 15.9 Å². The summed E-state index contributed by atoms with van der Waals surface area (Å²) in [5.74, 6) is -0.159. The molecule has 1 amide bonds. The molecular weight excluding hydrogens is 306 g/mol. The maximum atomic E-state index is 12.0. The summed E-state index contributed by atoms with van der Waals surface area (Å²) in [7, 11) is 0. The third-order valence-electron chi connectivity index (χ3n) is 2.61. The largest absolute Gasteiger partial charge is 0.399 e. The van der Waals surface area contributed by atoms with E-state index < -0.39 is 0 Å². The van der Waals surface area contributed by atoms with Crippen LogP contribution in [0.3, 0.4) is 0 Å². The van der Waals surface area contributed by atoms with Crippen LogP contribution in [0.5, 0.6) is 0 Å². The molecule has 0 saturated heterocycles. The van der Waals surface area contributed by atoms with Crippen molar-refractivity contribution in [3.63, 3.8) is 0 Å². The van der Waals surface area contributed by atoms with Crippen molar-refractivity contribution in [1.82, 2.24) is 10.3 Å². The van der Waals surface area contributed by atoms with Crippen LogP contribution in [0, 0.1) is 6.92 Å². The number of hydrogen-bond acceptors (Lipinski definition) is 3. The molecule has 5 heteroatoms. The van der Waals surface area contributed by atoms with Crippen molar-refractivity contribution in [3.05, 3.63) is 57.8 Å². The molecule has 0 spiro atoms. The molecular formula is C14H14BrN3O. The van der Waals surface area contributed by atoms with E-state index in [4.69, 9.17) is 5.73 Å². The van der Waals surface area contributed by atoms with Gasteiger partial charge < -0.3 is 11.1 Å². The molecule has 98 valence electrons. The molecule has 0 fully saturated rings. The third-order valence-corrected chi connectivity index (χ3v) is 3.07. The molecule has 0 aliphatic carbocycles. The first kappa shape index (κ1) is 13.5. The molecule has 4 nitrogen and oxygen atoms in total. The van der Waals surface area contributed by atoms with Gasteiger partial charge >= 0.3 is 0 Å². The van der Waals surface area contributed by atoms with E-state index >= 15 is 0 Å². The van der Waals surface area contributed by atoms with Crippen molar-refractivity contribution in [2.24, 2.45) is 0 Å². The van der Waals surface area contributed by atoms with Crippen LogP contribution in [0.2, 0.25) is 0 Å². The Bertz CT molecular complexity index is 576. The molecule has 0 aliphatic heterocycles. The Labute approximate surface area is 120 Å². The molecule has 0 saturated carbocycles. The molecule has 0 aliphatic rings. The number of amides is 1. The van der Waals surface area contributed by atoms with E-state index in [1.54, 1.807) is 24.4 Å². The number of nitrogens with two attached hydrogens (primary N) is 1. The van der Waals surface area contributed by atoms with Gasteiger partial charge in [-0.3, -0.25) is 9.78 Å². The van der Waals surface area contributed by atoms with Gasteiger partial charge in [-0.05, 0) is 36.8 Å². The first-order valence-corrected chi connectivity index (χ1v) is 6.60. The van der Waals surface area contributed by atoms with Gasteiger partial charge in [0.15, 0.2) is 0 Å². The Balaban J connectivity index is 2.03. The van der Waals surface area contributed by atoms with E-state index in [1.807, 2.05) is 19.1 Å². The number of pyridine rings is 1. The summed E-state index contributed by atoms with van der Waals surface area (Å²) in [5, 5.41) is 2.83. The maximum Gasteiger partial charge on any atom is 0.251 e. The minimum atomic E-state index is -0.159. The van der Waals surface area contributed by atoms with Gasteiger partial charge in [0.25, 0.3) is 5.91 Å². The van der Waals surface area contributed by atoms with Gasteiger partial charge in [0.05, 0.1) is 0 Å². The van der Waals surface area contributed by atoms with Gasteiger partial charge in [-0.1, -0.05) is 22.0 Å². The smallest absolute Gasteiger partial charge is 0.251 e. The summed E-state index contributed by atoms with van der Waals surface area (Å²) in [6, 6.07) is 8.99. The van der Waals surface area contributed by atoms with Gasteiger partial charge in [-0.15, -0.1) is 0 Å². The zero-order valence-electron chi connectivity index (χ0n) is 10.5. The fourth-order valence-corrected chi connectivity index (χ4v) is 2.14. The number of benzene rings is 1. The molecule has 0 radical (unpaired) electrons. The minimum Gasteiger partial charge on any atom is -0.399 e. The van der Waals surface area contributed by atoms with Gasteiger partial charge in [0, 0.05) is 34.2 Å². The van der Waals surface area contributed by atoms with Crippen LogP contribution in [0.15, 0.2) is 41.0 Å². The van der Waals surface area contributed by atoms with E-state index in [0.29, 0.717) is 17.8 Å². The topological polar surface area (TPSA) is 68.0 Å². The average molecular weight is 320 g/mol. The van der Waals surface area contributed by atoms with E-state index in [2.05, 4.69) is 26.2 Å². The van der Waals surface area contributed by atoms with Crippen LogP contribution in [0.1, 0.15) is 21.6 Å². The number of halogens is 1. The number of aryl methyl sites for hydroxylation is 1. The van der Waals surface area contributed by atoms with Gasteiger partial charge in [-0.2, -0.15) is 0 Å². The highest BCUT2D eigenvalue weighted by atomic mass is 79.9. The lowest BCUT2D eigenvalue weighted by molar-refractivity contribution is 0.0951. The second-order valence-corrected chi connectivity index (χ2v) is 5.18. The van der Waals surface area contributed by atoms with Crippen LogP contribution in [-0.2, 0) is 6.54 Å². The quantitative estimate of drug-likeness (QED) is 0.855. The van der Waals surface area contributed by atoms with Crippen molar-refractivity contribution in [1.29, 1.82) is 0 Å². The number of nitrogens with zero attached hydrogens (tertiary/aromatic N) is 1. The van der Waals surface area contributed by atoms with E-state index in [1.165, 1.54) is 0 Å². The van der Waals surface area contributed by atoms with Crippen molar-refractivity contribution in [3.8, 4) is 0 Å². The number of nitrogens with one attached hydrogen (secondary N) is 1. The number of aromatic nitrogens is 1. The van der Waals surface area contributed by atoms with Crippen LogP contribution in [0.4, 0.5) is 5.69 Å². The SMILES string of the molecule is Cc1ccc(CNC(=O)c2cc(N)cc(Br)c2)cn1. The third kappa shape index (κ3) is 3.79. The normalized spacial score (nSPS) is 10.2. The summed E-state index contributed by atoms with van der Waals surface area (Å²) in [6.07, 6.45) is 1.75. The number of hydrogen-bond donors (Lipinski definition) is 2. The van der Waals surface area contributed by atoms with Gasteiger partial charge in [-0.25, -0.2) is 0 Å². The molecule has 0 atom stereocenters. The lowest BCUT2D eigenvalue weighted by Gasteiger charge is -2.07. The highest BCUT2D eigenvalue weighted by Gasteiger charge is 2.07. The Morgan fingerprint density at radius 1 is 1.37 bits per heavy atom. The van der Waals surface area contributed by atoms with Crippen LogP contribution in [0.25, 0.3) is 0 Å². The van der Waals surface area contributed by atoms with E-state index in [9.17, 15) is 4.79 Å². The molecule has 2 rings (SSSR count). The predicted molar refractivity (Wildman–Crippen MR) is 78.7 cm³/mol. The molecule has 2 aromatic rings. The van der Waals surface area contributed by atoms with Crippen molar-refractivity contribution < 1.29 is 4.79 Å². The maximum absolute atomic E-state index is 12.0. The molecule has 1 aromatic carbocycles. The summed E-state index contributed by atoms with van der Waals surface area (Å²) in [4.78, 5) is 16.2. The van der Waals surface area contributed by atoms with Gasteiger partial charge in [0.1, 0.15) is 0 Å². The molecule has 1 aromatic heterocycles. The molecule has 3 N–H and O–H groups in total. The zero-order valence-corrected chi connectivity index (χ0v) is 12.1. The standard InChI is InChI=1S/C14H14BrN3O/c1-9-2-3-10(7-17-9)8-18-14(19)11-4-12(15)6-13(16)5-11/h2-7H,8,16H2,1H3,(H,18,19). The van der Waals surface area contributed by atoms with Crippen molar-refractivity contribution >= 4 is 27.5 Å². The lowest BCUT2D eigenvalue weighted by atomic mass is 10.2. The number of anilines is 1. The highest BCUT2D eigenvalue weighted by Crippen LogP contribution is 2.17. The Morgan fingerprint density at radius 2 is 2.16 bits per heavy atom. The number of rotatable bonds is 3. The fraction of sp³-hybridized carbons (Fsp3) is 0.143. The lowest BCUT2D eigenvalue weighted by Crippen LogP contribution is -2.23. The molecule has 19 heavy (non-hydrogen) atoms. The number of carbonyl (C=O) groups is 1. The summed E-state index contributed by atoms with van der Waals surface area (Å²) in [5.41, 5.74) is 8.70. The number of nitrogen functional groups attached to an aromatic ring is 1. The highest BCUT2D eigenvalue weighted by molar-refractivity contribution is 9.10. The minimum absolute atomic E-state index is 0.159. The Hall–Kier alpha value is -1.88. The fourth-order valence-electron chi connectivity index (χ4n) is 1.63. The first-order chi connectivity index (χ1) is 9.04. The van der Waals surface area contributed by atoms with Gasteiger partial charge in [0.2, 0.25) is 0 Å². The predicted octanol–water partition coefficient (Wildman–Crippen LogP) is 2.66. The Kier molecular flexibility index (Phi) is 4.16. The molecule has 0 unspecified atom stereocenters. The monoisotopic (exact) mass is 319 g/mol. The summed E-state index contributed by atoms with van der Waals surface area (Å²) >= 11 is 3.32. The second kappa shape index (κ2) is 5.84. The zero-order chi connectivity index (χ0) is 13.8. The Morgan fingerprint density at radius 3 is 2.79 bits per heavy atom. The van der Waals surface area contributed by atoms with Crippen LogP contribution in [-0.4, -0.2) is 10.9 Å².